The molecule has 3 rings (SSSR count). The molecule has 1 aromatic rings. The molecule has 1 aliphatic heterocycles. The number of carbonyl (C=O) groups is 2. The quantitative estimate of drug-likeness (QED) is 0.418. The van der Waals surface area contributed by atoms with Crippen molar-refractivity contribution in [3.05, 3.63) is 17.9 Å². The fourth-order valence-corrected chi connectivity index (χ4v) is 3.80. The highest BCUT2D eigenvalue weighted by Gasteiger charge is 2.47. The van der Waals surface area contributed by atoms with Crippen LogP contribution in [0.25, 0.3) is 0 Å². The Bertz CT molecular complexity index is 683. The maximum Gasteiger partial charge on any atom is 0.408 e. The van der Waals surface area contributed by atoms with E-state index in [2.05, 4.69) is 10.3 Å². The number of piperazine rings is 1. The number of amides is 1. The first-order chi connectivity index (χ1) is 11.3. The summed E-state index contributed by atoms with van der Waals surface area (Å²) in [7, 11) is 0. The van der Waals surface area contributed by atoms with Crippen molar-refractivity contribution in [2.45, 2.75) is 29.4 Å². The monoisotopic (exact) mass is 448 g/mol. The Morgan fingerprint density at radius 1 is 1.42 bits per heavy atom. The van der Waals surface area contributed by atoms with Gasteiger partial charge in [-0.05, 0) is 31.9 Å². The molecule has 7 nitrogen and oxygen atoms in total. The lowest BCUT2D eigenvalue weighted by Crippen LogP contribution is -2.52. The van der Waals surface area contributed by atoms with E-state index >= 15 is 0 Å². The molecule has 1 aromatic heterocycles. The number of pyridine rings is 1. The number of carboxylic acid groups (broad SMARTS) is 1. The lowest BCUT2D eigenvalue weighted by Gasteiger charge is -2.38. The largest absolute Gasteiger partial charge is 0.465 e. The first-order valence-electron chi connectivity index (χ1n) is 7.67. The smallest absolute Gasteiger partial charge is 0.408 e. The summed E-state index contributed by atoms with van der Waals surface area (Å²) in [6.45, 7) is 2.56. The van der Waals surface area contributed by atoms with Crippen LogP contribution in [0.3, 0.4) is 0 Å². The van der Waals surface area contributed by atoms with Crippen molar-refractivity contribution in [3.63, 3.8) is 0 Å². The minimum atomic E-state index is -0.977. The van der Waals surface area contributed by atoms with E-state index in [4.69, 9.17) is 5.11 Å². The molecular formula is C15H18FIN4O3. The van der Waals surface area contributed by atoms with Crippen molar-refractivity contribution in [2.75, 3.05) is 29.9 Å². The Balaban J connectivity index is 1.78. The lowest BCUT2D eigenvalue weighted by molar-refractivity contribution is -0.118. The molecule has 1 saturated carbocycles. The highest BCUT2D eigenvalue weighted by Crippen LogP contribution is 2.39. The van der Waals surface area contributed by atoms with E-state index < -0.39 is 17.4 Å². The average molecular weight is 448 g/mol. The summed E-state index contributed by atoms with van der Waals surface area (Å²) in [5.41, 5.74) is -0.560. The number of anilines is 2. The van der Waals surface area contributed by atoms with Gasteiger partial charge in [-0.2, -0.15) is 0 Å². The van der Waals surface area contributed by atoms with E-state index in [-0.39, 0.29) is 15.6 Å². The van der Waals surface area contributed by atoms with Gasteiger partial charge >= 0.3 is 6.09 Å². The van der Waals surface area contributed by atoms with Gasteiger partial charge in [-0.15, -0.1) is 0 Å². The molecule has 1 unspecified atom stereocenters. The van der Waals surface area contributed by atoms with Crippen molar-refractivity contribution in [1.29, 1.82) is 0 Å². The number of alkyl halides is 1. The minimum Gasteiger partial charge on any atom is -0.465 e. The summed E-state index contributed by atoms with van der Waals surface area (Å²) in [6.07, 6.45) is 0.531. The van der Waals surface area contributed by atoms with E-state index in [1.807, 2.05) is 22.6 Å². The Labute approximate surface area is 152 Å². The molecule has 0 aromatic carbocycles. The number of hydrogen-bond donors (Lipinski definition) is 2. The van der Waals surface area contributed by atoms with Gasteiger partial charge in [-0.1, -0.05) is 22.6 Å². The first-order valence-corrected chi connectivity index (χ1v) is 8.91. The van der Waals surface area contributed by atoms with Crippen molar-refractivity contribution in [1.82, 2.24) is 9.88 Å². The third-order valence-corrected chi connectivity index (χ3v) is 5.55. The van der Waals surface area contributed by atoms with Gasteiger partial charge in [0.2, 0.25) is 0 Å². The fraction of sp³-hybridized carbons (Fsp3) is 0.533. The first kappa shape index (κ1) is 17.2. The third-order valence-electron chi connectivity index (χ3n) is 4.48. The predicted molar refractivity (Wildman–Crippen MR) is 95.2 cm³/mol. The normalized spacial score (nSPS) is 22.2. The van der Waals surface area contributed by atoms with Gasteiger partial charge in [-0.3, -0.25) is 9.69 Å². The zero-order valence-corrected chi connectivity index (χ0v) is 15.3. The van der Waals surface area contributed by atoms with Crippen LogP contribution in [0, 0.1) is 5.82 Å². The van der Waals surface area contributed by atoms with Gasteiger partial charge in [-0.25, -0.2) is 14.2 Å². The average Bonchev–Trinajstić information content (AvgIpc) is 3.29. The van der Waals surface area contributed by atoms with Gasteiger partial charge in [0, 0.05) is 19.6 Å². The number of nitrogens with zero attached hydrogens (tertiary/aromatic N) is 3. The molecule has 0 radical (unpaired) electrons. The van der Waals surface area contributed by atoms with Gasteiger partial charge in [0.1, 0.15) is 9.87 Å². The highest BCUT2D eigenvalue weighted by molar-refractivity contribution is 14.1. The molecule has 0 bridgehead atoms. The van der Waals surface area contributed by atoms with E-state index in [1.165, 1.54) is 24.0 Å². The molecule has 1 atom stereocenters. The molecule has 9 heteroatoms. The van der Waals surface area contributed by atoms with Gasteiger partial charge in [0.15, 0.2) is 17.4 Å². The number of hydrogen-bond acceptors (Lipinski definition) is 5. The van der Waals surface area contributed by atoms with Crippen LogP contribution in [0.4, 0.5) is 20.8 Å². The molecule has 2 N–H and O–H groups in total. The van der Waals surface area contributed by atoms with E-state index in [1.54, 1.807) is 4.90 Å². The van der Waals surface area contributed by atoms with Crippen LogP contribution in [-0.2, 0) is 4.79 Å². The van der Waals surface area contributed by atoms with Crippen LogP contribution in [0.5, 0.6) is 0 Å². The minimum absolute atomic E-state index is 0.0533. The molecule has 2 heterocycles. The van der Waals surface area contributed by atoms with E-state index in [9.17, 15) is 14.0 Å². The zero-order valence-electron chi connectivity index (χ0n) is 13.1. The van der Waals surface area contributed by atoms with Gasteiger partial charge in [0.05, 0.1) is 5.54 Å². The Morgan fingerprint density at radius 2 is 2.12 bits per heavy atom. The number of carbonyl (C=O) groups excluding carboxylic acids is 1. The van der Waals surface area contributed by atoms with E-state index in [0.717, 1.165) is 12.8 Å². The summed E-state index contributed by atoms with van der Waals surface area (Å²) < 4.78 is 13.9. The van der Waals surface area contributed by atoms with Crippen LogP contribution < -0.4 is 10.2 Å². The topological polar surface area (TPSA) is 85.8 Å². The Kier molecular flexibility index (Phi) is 4.54. The number of ketones is 1. The van der Waals surface area contributed by atoms with Crippen LogP contribution in [0.1, 0.15) is 19.8 Å². The second-order valence-electron chi connectivity index (χ2n) is 6.12. The van der Waals surface area contributed by atoms with Crippen LogP contribution >= 0.6 is 22.6 Å². The third kappa shape index (κ3) is 3.26. The van der Waals surface area contributed by atoms with Crippen molar-refractivity contribution in [3.8, 4) is 0 Å². The molecule has 2 aliphatic rings. The van der Waals surface area contributed by atoms with Crippen LogP contribution in [0.15, 0.2) is 12.1 Å². The number of Topliss-reactive ketones (excluding diaryl/α,β-unsaturated/α-hetero) is 1. The molecule has 24 heavy (non-hydrogen) atoms. The van der Waals surface area contributed by atoms with Crippen LogP contribution in [0.2, 0.25) is 0 Å². The molecule has 0 spiro atoms. The fourth-order valence-electron chi connectivity index (χ4n) is 2.81. The molecule has 1 saturated heterocycles. The summed E-state index contributed by atoms with van der Waals surface area (Å²) in [6, 6.07) is 2.85. The molecule has 130 valence electrons. The highest BCUT2D eigenvalue weighted by atomic mass is 127. The molecule has 2 fully saturated rings. The van der Waals surface area contributed by atoms with Crippen LogP contribution in [-0.4, -0.2) is 56.1 Å². The summed E-state index contributed by atoms with van der Waals surface area (Å²) in [5.74, 6) is 0.244. The summed E-state index contributed by atoms with van der Waals surface area (Å²) in [4.78, 5) is 30.2. The molecule has 1 aliphatic carbocycles. The second-order valence-corrected chi connectivity index (χ2v) is 7.56. The second kappa shape index (κ2) is 6.34. The number of aromatic nitrogens is 1. The lowest BCUT2D eigenvalue weighted by atomic mass is 10.2. The van der Waals surface area contributed by atoms with Crippen molar-refractivity contribution in [2.24, 2.45) is 0 Å². The van der Waals surface area contributed by atoms with Gasteiger partial charge in [0.25, 0.3) is 0 Å². The maximum absolute atomic E-state index is 14.2. The molecule has 1 amide bonds. The maximum atomic E-state index is 14.2. The number of nitrogens with one attached hydrogen (secondary N) is 1. The van der Waals surface area contributed by atoms with Crippen molar-refractivity contribution >= 4 is 46.1 Å². The predicted octanol–water partition coefficient (Wildman–Crippen LogP) is 2.32. The number of rotatable bonds is 4. The van der Waals surface area contributed by atoms with Crippen molar-refractivity contribution < 1.29 is 19.1 Å². The number of halogens is 2. The molecular weight excluding hydrogens is 430 g/mol. The zero-order chi connectivity index (χ0) is 17.5. The van der Waals surface area contributed by atoms with E-state index in [0.29, 0.717) is 25.5 Å². The SMILES string of the molecule is CC(=O)C1(Nc2ccc(F)c(N3CCN(C(=O)O)C(I)C3)n2)CC1. The Morgan fingerprint density at radius 3 is 2.67 bits per heavy atom. The summed E-state index contributed by atoms with van der Waals surface area (Å²) >= 11 is 2.03. The van der Waals surface area contributed by atoms with Gasteiger partial charge < -0.3 is 15.3 Å². The summed E-state index contributed by atoms with van der Waals surface area (Å²) in [5, 5.41) is 12.2. The Hall–Kier alpha value is -1.65. The standard InChI is InChI=1S/C15H18FIN4O3/c1-9(22)15(4-5-15)19-12-3-2-10(16)13(18-12)20-6-7-21(14(23)24)11(17)8-20/h2-3,11H,4-8H2,1H3,(H,18,19)(H,23,24).